The number of amides is 1. The second-order valence-corrected chi connectivity index (χ2v) is 4.32. The molecule has 0 atom stereocenters. The van der Waals surface area contributed by atoms with Crippen LogP contribution in [0.15, 0.2) is 30.7 Å². The lowest BCUT2D eigenvalue weighted by atomic mass is 10.2. The van der Waals surface area contributed by atoms with Gasteiger partial charge in [-0.1, -0.05) is 0 Å². The van der Waals surface area contributed by atoms with Gasteiger partial charge in [0.05, 0.1) is 24.0 Å². The number of nitrogens with one attached hydrogen (secondary N) is 1. The van der Waals surface area contributed by atoms with E-state index in [9.17, 15) is 9.18 Å². The zero-order valence-electron chi connectivity index (χ0n) is 11.2. The van der Waals surface area contributed by atoms with Gasteiger partial charge in [-0.25, -0.2) is 14.4 Å². The molecule has 0 spiro atoms. The van der Waals surface area contributed by atoms with Crippen LogP contribution in [0, 0.1) is 5.82 Å². The summed E-state index contributed by atoms with van der Waals surface area (Å²) in [5.74, 6) is -0.388. The van der Waals surface area contributed by atoms with Gasteiger partial charge in [-0.2, -0.15) is 0 Å². The van der Waals surface area contributed by atoms with Crippen LogP contribution in [0.1, 0.15) is 16.1 Å². The van der Waals surface area contributed by atoms with E-state index >= 15 is 0 Å². The monoisotopic (exact) mass is 275 g/mol. The van der Waals surface area contributed by atoms with Crippen LogP contribution >= 0.6 is 0 Å². The van der Waals surface area contributed by atoms with Gasteiger partial charge in [0.2, 0.25) is 5.95 Å². The molecular formula is C13H14FN5O. The minimum absolute atomic E-state index is 0.173. The smallest absolute Gasteiger partial charge is 0.253 e. The zero-order chi connectivity index (χ0) is 14.5. The number of hydrogen-bond acceptors (Lipinski definition) is 5. The van der Waals surface area contributed by atoms with E-state index in [2.05, 4.69) is 20.3 Å². The highest BCUT2D eigenvalue weighted by Crippen LogP contribution is 2.04. The molecule has 2 aromatic rings. The molecule has 7 heteroatoms. The van der Waals surface area contributed by atoms with E-state index in [0.717, 1.165) is 12.3 Å². The van der Waals surface area contributed by atoms with Gasteiger partial charge in [0.1, 0.15) is 5.82 Å². The second-order valence-electron chi connectivity index (χ2n) is 4.32. The molecule has 0 aliphatic carbocycles. The minimum Gasteiger partial charge on any atom is -0.347 e. The van der Waals surface area contributed by atoms with E-state index in [1.807, 2.05) is 14.1 Å². The number of anilines is 1. The van der Waals surface area contributed by atoms with Gasteiger partial charge < -0.3 is 10.2 Å². The topological polar surface area (TPSA) is 71.0 Å². The molecule has 0 fully saturated rings. The summed E-state index contributed by atoms with van der Waals surface area (Å²) >= 11 is 0. The average molecular weight is 275 g/mol. The number of aromatic nitrogens is 3. The Hall–Kier alpha value is -2.57. The number of hydrogen-bond donors (Lipinski definition) is 1. The number of rotatable bonds is 4. The van der Waals surface area contributed by atoms with E-state index in [1.54, 1.807) is 17.2 Å². The SMILES string of the molecule is CN(C)c1nccc(CNC(=O)c2cncc(F)c2)n1. The molecule has 6 nitrogen and oxygen atoms in total. The van der Waals surface area contributed by atoms with Crippen molar-refractivity contribution in [2.24, 2.45) is 0 Å². The molecule has 0 saturated carbocycles. The predicted molar refractivity (Wildman–Crippen MR) is 71.7 cm³/mol. The van der Waals surface area contributed by atoms with Gasteiger partial charge in [-0.3, -0.25) is 9.78 Å². The summed E-state index contributed by atoms with van der Waals surface area (Å²) in [6.45, 7) is 0.235. The fourth-order valence-electron chi connectivity index (χ4n) is 1.51. The first-order valence-corrected chi connectivity index (χ1v) is 5.94. The molecule has 0 aliphatic heterocycles. The van der Waals surface area contributed by atoms with Crippen molar-refractivity contribution in [3.63, 3.8) is 0 Å². The summed E-state index contributed by atoms with van der Waals surface area (Å²) in [4.78, 5) is 25.6. The molecule has 0 bridgehead atoms. The highest BCUT2D eigenvalue weighted by Gasteiger charge is 2.08. The summed E-state index contributed by atoms with van der Waals surface area (Å²) in [6, 6.07) is 2.84. The van der Waals surface area contributed by atoms with E-state index in [4.69, 9.17) is 0 Å². The fourth-order valence-corrected chi connectivity index (χ4v) is 1.51. The third kappa shape index (κ3) is 3.47. The van der Waals surface area contributed by atoms with Crippen molar-refractivity contribution >= 4 is 11.9 Å². The highest BCUT2D eigenvalue weighted by molar-refractivity contribution is 5.93. The number of pyridine rings is 1. The summed E-state index contributed by atoms with van der Waals surface area (Å²) < 4.78 is 13.0. The van der Waals surface area contributed by atoms with Gasteiger partial charge in [-0.15, -0.1) is 0 Å². The standard InChI is InChI=1S/C13H14FN5O/c1-19(2)13-16-4-3-11(18-13)8-17-12(20)9-5-10(14)7-15-6-9/h3-7H,8H2,1-2H3,(H,17,20). The first-order chi connectivity index (χ1) is 9.56. The Morgan fingerprint density at radius 3 is 2.90 bits per heavy atom. The van der Waals surface area contributed by atoms with Crippen LogP contribution in [-0.4, -0.2) is 35.0 Å². The molecule has 0 unspecified atom stereocenters. The summed E-state index contributed by atoms with van der Waals surface area (Å²) in [7, 11) is 3.66. The quantitative estimate of drug-likeness (QED) is 0.901. The molecule has 2 heterocycles. The lowest BCUT2D eigenvalue weighted by Crippen LogP contribution is -2.24. The number of halogens is 1. The van der Waals surface area contributed by atoms with Crippen molar-refractivity contribution in [2.45, 2.75) is 6.54 Å². The van der Waals surface area contributed by atoms with Crippen molar-refractivity contribution in [3.8, 4) is 0 Å². The molecular weight excluding hydrogens is 261 g/mol. The van der Waals surface area contributed by atoms with Crippen molar-refractivity contribution in [3.05, 3.63) is 47.8 Å². The summed E-state index contributed by atoms with van der Waals surface area (Å²) in [6.07, 6.45) is 3.97. The average Bonchev–Trinajstić information content (AvgIpc) is 2.45. The maximum absolute atomic E-state index is 13.0. The van der Waals surface area contributed by atoms with Crippen LogP contribution in [0.2, 0.25) is 0 Å². The molecule has 1 N–H and O–H groups in total. The van der Waals surface area contributed by atoms with E-state index in [1.165, 1.54) is 6.20 Å². The van der Waals surface area contributed by atoms with Gasteiger partial charge >= 0.3 is 0 Å². The Morgan fingerprint density at radius 2 is 2.20 bits per heavy atom. The maximum atomic E-state index is 13.0. The molecule has 20 heavy (non-hydrogen) atoms. The highest BCUT2D eigenvalue weighted by atomic mass is 19.1. The van der Waals surface area contributed by atoms with Crippen LogP contribution in [0.4, 0.5) is 10.3 Å². The van der Waals surface area contributed by atoms with Crippen molar-refractivity contribution < 1.29 is 9.18 Å². The second kappa shape index (κ2) is 6.05. The minimum atomic E-state index is -0.547. The van der Waals surface area contributed by atoms with E-state index < -0.39 is 11.7 Å². The first-order valence-electron chi connectivity index (χ1n) is 5.94. The third-order valence-electron chi connectivity index (χ3n) is 2.50. The third-order valence-corrected chi connectivity index (χ3v) is 2.50. The maximum Gasteiger partial charge on any atom is 0.253 e. The molecule has 2 aromatic heterocycles. The normalized spacial score (nSPS) is 10.2. The van der Waals surface area contributed by atoms with Gasteiger partial charge in [0, 0.05) is 26.5 Å². The number of carbonyl (C=O) groups is 1. The molecule has 0 radical (unpaired) electrons. The molecule has 0 aliphatic rings. The first kappa shape index (κ1) is 13.9. The Bertz CT molecular complexity index is 617. The largest absolute Gasteiger partial charge is 0.347 e. The van der Waals surface area contributed by atoms with E-state index in [-0.39, 0.29) is 12.1 Å². The van der Waals surface area contributed by atoms with Crippen LogP contribution in [-0.2, 0) is 6.54 Å². The Balaban J connectivity index is 2.02. The fraction of sp³-hybridized carbons (Fsp3) is 0.231. The van der Waals surface area contributed by atoms with Gasteiger partial charge in [0.15, 0.2) is 0 Å². The molecule has 0 aromatic carbocycles. The predicted octanol–water partition coefficient (Wildman–Crippen LogP) is 1.01. The Kier molecular flexibility index (Phi) is 4.19. The van der Waals surface area contributed by atoms with Crippen LogP contribution in [0.3, 0.4) is 0 Å². The van der Waals surface area contributed by atoms with Gasteiger partial charge in [-0.05, 0) is 12.1 Å². The Labute approximate surface area is 115 Å². The van der Waals surface area contributed by atoms with Crippen molar-refractivity contribution in [1.29, 1.82) is 0 Å². The van der Waals surface area contributed by atoms with Crippen LogP contribution < -0.4 is 10.2 Å². The van der Waals surface area contributed by atoms with Crippen LogP contribution in [0.5, 0.6) is 0 Å². The van der Waals surface area contributed by atoms with Crippen molar-refractivity contribution in [1.82, 2.24) is 20.3 Å². The molecule has 104 valence electrons. The molecule has 1 amide bonds. The molecule has 2 rings (SSSR count). The molecule has 0 saturated heterocycles. The number of nitrogens with zero attached hydrogens (tertiary/aromatic N) is 4. The lowest BCUT2D eigenvalue weighted by molar-refractivity contribution is 0.0949. The summed E-state index contributed by atoms with van der Waals surface area (Å²) in [5, 5.41) is 2.65. The zero-order valence-corrected chi connectivity index (χ0v) is 11.2. The van der Waals surface area contributed by atoms with E-state index in [0.29, 0.717) is 11.6 Å². The summed E-state index contributed by atoms with van der Waals surface area (Å²) in [5.41, 5.74) is 0.841. The number of carbonyl (C=O) groups excluding carboxylic acids is 1. The Morgan fingerprint density at radius 1 is 1.40 bits per heavy atom. The lowest BCUT2D eigenvalue weighted by Gasteiger charge is -2.11. The van der Waals surface area contributed by atoms with Crippen LogP contribution in [0.25, 0.3) is 0 Å². The van der Waals surface area contributed by atoms with Crippen molar-refractivity contribution in [2.75, 3.05) is 19.0 Å². The van der Waals surface area contributed by atoms with Gasteiger partial charge in [0.25, 0.3) is 5.91 Å².